The lowest BCUT2D eigenvalue weighted by Gasteiger charge is -2.19. The predicted molar refractivity (Wildman–Crippen MR) is 88.7 cm³/mol. The highest BCUT2D eigenvalue weighted by Gasteiger charge is 2.21. The maximum atomic E-state index is 13.7. The number of carbonyl (C=O) groups is 1. The third-order valence-electron chi connectivity index (χ3n) is 3.83. The van der Waals surface area contributed by atoms with Crippen LogP contribution in [0.2, 0.25) is 0 Å². The summed E-state index contributed by atoms with van der Waals surface area (Å²) in [5, 5.41) is 11.8. The fraction of sp³-hybridized carbons (Fsp3) is 0.316. The van der Waals surface area contributed by atoms with Crippen LogP contribution in [0.4, 0.5) is 8.78 Å². The van der Waals surface area contributed by atoms with Crippen LogP contribution in [0, 0.1) is 11.6 Å². The van der Waals surface area contributed by atoms with Gasteiger partial charge in [-0.2, -0.15) is 0 Å². The summed E-state index contributed by atoms with van der Waals surface area (Å²) in [6.07, 6.45) is 2.25. The summed E-state index contributed by atoms with van der Waals surface area (Å²) in [6.45, 7) is 1.94. The number of nitrogens with one attached hydrogen (secondary N) is 1. The van der Waals surface area contributed by atoms with Crippen molar-refractivity contribution in [3.63, 3.8) is 0 Å². The quantitative estimate of drug-likeness (QED) is 0.810. The Morgan fingerprint density at radius 2 is 1.75 bits per heavy atom. The number of hydrogen-bond acceptors (Lipinski definition) is 2. The third-order valence-corrected chi connectivity index (χ3v) is 3.83. The van der Waals surface area contributed by atoms with E-state index in [1.165, 1.54) is 11.6 Å². The SMILES string of the molecule is CCCc1ccc(C(CCO)NC(=O)c2c(F)cccc2F)cc1. The molecule has 0 fully saturated rings. The third kappa shape index (κ3) is 4.38. The summed E-state index contributed by atoms with van der Waals surface area (Å²) in [5.74, 6) is -2.65. The van der Waals surface area contributed by atoms with Crippen LogP contribution in [-0.4, -0.2) is 17.6 Å². The van der Waals surface area contributed by atoms with E-state index in [4.69, 9.17) is 0 Å². The van der Waals surface area contributed by atoms with E-state index in [-0.39, 0.29) is 13.0 Å². The maximum absolute atomic E-state index is 13.7. The van der Waals surface area contributed by atoms with Crippen LogP contribution in [0.15, 0.2) is 42.5 Å². The lowest BCUT2D eigenvalue weighted by Crippen LogP contribution is -2.30. The molecular weight excluding hydrogens is 312 g/mol. The smallest absolute Gasteiger partial charge is 0.257 e. The second-order valence-electron chi connectivity index (χ2n) is 5.63. The normalized spacial score (nSPS) is 12.0. The first-order chi connectivity index (χ1) is 11.6. The maximum Gasteiger partial charge on any atom is 0.257 e. The molecule has 0 saturated heterocycles. The Bertz CT molecular complexity index is 666. The Kier molecular flexibility index (Phi) is 6.44. The first-order valence-corrected chi connectivity index (χ1v) is 8.01. The van der Waals surface area contributed by atoms with Gasteiger partial charge in [0.1, 0.15) is 17.2 Å². The molecule has 2 aromatic rings. The van der Waals surface area contributed by atoms with E-state index in [0.29, 0.717) is 0 Å². The summed E-state index contributed by atoms with van der Waals surface area (Å²) < 4.78 is 27.5. The highest BCUT2D eigenvalue weighted by atomic mass is 19.1. The van der Waals surface area contributed by atoms with Gasteiger partial charge >= 0.3 is 0 Å². The number of amides is 1. The lowest BCUT2D eigenvalue weighted by atomic mass is 10.0. The van der Waals surface area contributed by atoms with Gasteiger partial charge in [0, 0.05) is 6.61 Å². The van der Waals surface area contributed by atoms with Gasteiger partial charge in [-0.05, 0) is 36.1 Å². The zero-order valence-electron chi connectivity index (χ0n) is 13.6. The number of aliphatic hydroxyl groups excluding tert-OH is 1. The topological polar surface area (TPSA) is 49.3 Å². The fourth-order valence-corrected chi connectivity index (χ4v) is 2.60. The highest BCUT2D eigenvalue weighted by Crippen LogP contribution is 2.20. The molecule has 1 atom stereocenters. The van der Waals surface area contributed by atoms with Crippen LogP contribution in [0.3, 0.4) is 0 Å². The van der Waals surface area contributed by atoms with E-state index in [9.17, 15) is 18.7 Å². The van der Waals surface area contributed by atoms with Crippen molar-refractivity contribution in [1.82, 2.24) is 5.32 Å². The minimum atomic E-state index is -0.909. The van der Waals surface area contributed by atoms with Crippen molar-refractivity contribution >= 4 is 5.91 Å². The van der Waals surface area contributed by atoms with Gasteiger partial charge in [0.15, 0.2) is 0 Å². The average Bonchev–Trinajstić information content (AvgIpc) is 2.55. The molecule has 0 aliphatic carbocycles. The van der Waals surface area contributed by atoms with Crippen molar-refractivity contribution in [3.8, 4) is 0 Å². The molecule has 2 N–H and O–H groups in total. The molecule has 0 spiro atoms. The minimum Gasteiger partial charge on any atom is -0.396 e. The van der Waals surface area contributed by atoms with E-state index in [1.807, 2.05) is 24.3 Å². The molecule has 0 aliphatic rings. The molecule has 0 heterocycles. The Hall–Kier alpha value is -2.27. The number of rotatable bonds is 7. The van der Waals surface area contributed by atoms with Gasteiger partial charge in [0.05, 0.1) is 6.04 Å². The van der Waals surface area contributed by atoms with Crippen molar-refractivity contribution in [3.05, 3.63) is 70.8 Å². The zero-order chi connectivity index (χ0) is 17.5. The molecule has 1 unspecified atom stereocenters. The second-order valence-corrected chi connectivity index (χ2v) is 5.63. The molecule has 0 radical (unpaired) electrons. The van der Waals surface area contributed by atoms with E-state index in [0.717, 1.165) is 30.5 Å². The number of carbonyl (C=O) groups excluding carboxylic acids is 1. The summed E-state index contributed by atoms with van der Waals surface area (Å²) in [6, 6.07) is 10.4. The minimum absolute atomic E-state index is 0.151. The van der Waals surface area contributed by atoms with Crippen molar-refractivity contribution < 1.29 is 18.7 Å². The molecular formula is C19H21F2NO2. The van der Waals surface area contributed by atoms with Crippen LogP contribution >= 0.6 is 0 Å². The van der Waals surface area contributed by atoms with Gasteiger partial charge in [-0.15, -0.1) is 0 Å². The summed E-state index contributed by atoms with van der Waals surface area (Å²) in [7, 11) is 0. The number of aliphatic hydroxyl groups is 1. The van der Waals surface area contributed by atoms with Crippen LogP contribution < -0.4 is 5.32 Å². The van der Waals surface area contributed by atoms with Gasteiger partial charge in [-0.3, -0.25) is 4.79 Å². The van der Waals surface area contributed by atoms with Gasteiger partial charge in [-0.25, -0.2) is 8.78 Å². The molecule has 2 rings (SSSR count). The van der Waals surface area contributed by atoms with Crippen molar-refractivity contribution in [2.45, 2.75) is 32.2 Å². The molecule has 0 bridgehead atoms. The number of aryl methyl sites for hydroxylation is 1. The molecule has 2 aromatic carbocycles. The van der Waals surface area contributed by atoms with Crippen molar-refractivity contribution in [1.29, 1.82) is 0 Å². The molecule has 3 nitrogen and oxygen atoms in total. The summed E-state index contributed by atoms with van der Waals surface area (Å²) in [4.78, 5) is 12.2. The van der Waals surface area contributed by atoms with Crippen LogP contribution in [0.1, 0.15) is 47.3 Å². The van der Waals surface area contributed by atoms with Crippen LogP contribution in [-0.2, 0) is 6.42 Å². The number of benzene rings is 2. The average molecular weight is 333 g/mol. The lowest BCUT2D eigenvalue weighted by molar-refractivity contribution is 0.0921. The molecule has 1 amide bonds. The van der Waals surface area contributed by atoms with Gasteiger partial charge in [0.25, 0.3) is 5.91 Å². The van der Waals surface area contributed by atoms with Gasteiger partial charge < -0.3 is 10.4 Å². The molecule has 24 heavy (non-hydrogen) atoms. The predicted octanol–water partition coefficient (Wildman–Crippen LogP) is 3.77. The Labute approximate surface area is 140 Å². The molecule has 0 aromatic heterocycles. The van der Waals surface area contributed by atoms with Crippen molar-refractivity contribution in [2.75, 3.05) is 6.61 Å². The van der Waals surface area contributed by atoms with E-state index in [1.54, 1.807) is 0 Å². The fourth-order valence-electron chi connectivity index (χ4n) is 2.60. The number of halogens is 2. The molecule has 5 heteroatoms. The highest BCUT2D eigenvalue weighted by molar-refractivity contribution is 5.95. The standard InChI is InChI=1S/C19H21F2NO2/c1-2-4-13-7-9-14(10-8-13)17(11-12-23)22-19(24)18-15(20)5-3-6-16(18)21/h3,5-10,17,23H,2,4,11-12H2,1H3,(H,22,24). The largest absolute Gasteiger partial charge is 0.396 e. The zero-order valence-corrected chi connectivity index (χ0v) is 13.6. The Morgan fingerprint density at radius 1 is 1.12 bits per heavy atom. The van der Waals surface area contributed by atoms with Crippen LogP contribution in [0.25, 0.3) is 0 Å². The summed E-state index contributed by atoms with van der Waals surface area (Å²) >= 11 is 0. The monoisotopic (exact) mass is 333 g/mol. The Balaban J connectivity index is 2.20. The van der Waals surface area contributed by atoms with E-state index < -0.39 is 29.1 Å². The summed E-state index contributed by atoms with van der Waals surface area (Å²) in [5.41, 5.74) is 1.35. The molecule has 128 valence electrons. The number of hydrogen-bond donors (Lipinski definition) is 2. The van der Waals surface area contributed by atoms with Gasteiger partial charge in [0.2, 0.25) is 0 Å². The van der Waals surface area contributed by atoms with E-state index >= 15 is 0 Å². The van der Waals surface area contributed by atoms with Gasteiger partial charge in [-0.1, -0.05) is 43.7 Å². The molecule has 0 aliphatic heterocycles. The van der Waals surface area contributed by atoms with Crippen LogP contribution in [0.5, 0.6) is 0 Å². The first-order valence-electron chi connectivity index (χ1n) is 8.01. The first kappa shape index (κ1) is 18.1. The van der Waals surface area contributed by atoms with Crippen molar-refractivity contribution in [2.24, 2.45) is 0 Å². The second kappa shape index (κ2) is 8.55. The molecule has 0 saturated carbocycles. The van der Waals surface area contributed by atoms with E-state index in [2.05, 4.69) is 12.2 Å². The Morgan fingerprint density at radius 3 is 2.29 bits per heavy atom.